The molecule has 1 heterocycles. The highest BCUT2D eigenvalue weighted by atomic mass is 35.5. The van der Waals surface area contributed by atoms with Gasteiger partial charge in [0.15, 0.2) is 0 Å². The minimum absolute atomic E-state index is 0.0588. The Morgan fingerprint density at radius 1 is 1.07 bits per heavy atom. The van der Waals surface area contributed by atoms with Crippen LogP contribution in [0.4, 0.5) is 0 Å². The molecule has 3 unspecified atom stereocenters. The van der Waals surface area contributed by atoms with Crippen LogP contribution in [0, 0.1) is 0 Å². The molecule has 30 heavy (non-hydrogen) atoms. The smallest absolute Gasteiger partial charge is 0.253 e. The van der Waals surface area contributed by atoms with Crippen molar-refractivity contribution >= 4 is 23.4 Å². The summed E-state index contributed by atoms with van der Waals surface area (Å²) in [5.41, 5.74) is 1.31. The van der Waals surface area contributed by atoms with Crippen LogP contribution >= 0.6 is 11.6 Å². The Morgan fingerprint density at radius 3 is 2.60 bits per heavy atom. The van der Waals surface area contributed by atoms with Gasteiger partial charge in [0.25, 0.3) is 5.91 Å². The molecule has 1 saturated carbocycles. The fourth-order valence-electron chi connectivity index (χ4n) is 4.52. The van der Waals surface area contributed by atoms with Gasteiger partial charge in [-0.1, -0.05) is 66.9 Å². The third-order valence-corrected chi connectivity index (χ3v) is 6.39. The Morgan fingerprint density at radius 2 is 1.80 bits per heavy atom. The second-order valence-corrected chi connectivity index (χ2v) is 8.38. The Hall–Kier alpha value is -2.37. The van der Waals surface area contributed by atoms with E-state index in [0.717, 1.165) is 31.2 Å². The molecule has 2 aliphatic rings. The topological polar surface area (TPSA) is 58.6 Å². The summed E-state index contributed by atoms with van der Waals surface area (Å²) >= 11 is 6.20. The number of amides is 2. The molecule has 1 aliphatic heterocycles. The van der Waals surface area contributed by atoms with E-state index in [1.54, 1.807) is 24.3 Å². The average molecular weight is 427 g/mol. The first kappa shape index (κ1) is 20.9. The van der Waals surface area contributed by atoms with Gasteiger partial charge < -0.3 is 15.0 Å². The second-order valence-electron chi connectivity index (χ2n) is 7.97. The molecule has 0 radical (unpaired) electrons. The zero-order valence-electron chi connectivity index (χ0n) is 16.9. The molecule has 3 atom stereocenters. The van der Waals surface area contributed by atoms with Crippen LogP contribution in [0.1, 0.15) is 54.1 Å². The lowest BCUT2D eigenvalue weighted by molar-refractivity contribution is -0.150. The molecule has 1 aliphatic carbocycles. The minimum atomic E-state index is -0.424. The molecule has 1 saturated heterocycles. The molecule has 2 amide bonds. The van der Waals surface area contributed by atoms with Crippen LogP contribution < -0.4 is 5.32 Å². The van der Waals surface area contributed by atoms with Crippen molar-refractivity contribution in [2.24, 2.45) is 0 Å². The standard InChI is InChI=1S/C24H27ClN2O3/c25-19-11-5-4-10-18(19)24(29)26-20(17-8-2-1-3-9-17)16-23(28)27-14-15-30-22-13-7-6-12-21(22)27/h1-5,8-11,20-22H,6-7,12-16H2,(H,26,29). The number of morpholine rings is 1. The highest BCUT2D eigenvalue weighted by molar-refractivity contribution is 6.33. The number of halogens is 1. The summed E-state index contributed by atoms with van der Waals surface area (Å²) in [6.07, 6.45) is 4.63. The van der Waals surface area contributed by atoms with Crippen molar-refractivity contribution < 1.29 is 14.3 Å². The third kappa shape index (κ3) is 4.68. The summed E-state index contributed by atoms with van der Waals surface area (Å²) in [4.78, 5) is 28.2. The first-order chi connectivity index (χ1) is 14.6. The summed E-state index contributed by atoms with van der Waals surface area (Å²) in [5.74, 6) is -0.219. The molecule has 2 aromatic rings. The number of rotatable bonds is 5. The first-order valence-corrected chi connectivity index (χ1v) is 11.0. The van der Waals surface area contributed by atoms with Gasteiger partial charge in [0.1, 0.15) is 0 Å². The average Bonchev–Trinajstić information content (AvgIpc) is 2.79. The SMILES string of the molecule is O=C(NC(CC(=O)N1CCOC2CCCCC21)c1ccccc1)c1ccccc1Cl. The van der Waals surface area contributed by atoms with Crippen molar-refractivity contribution in [2.75, 3.05) is 13.2 Å². The highest BCUT2D eigenvalue weighted by Crippen LogP contribution is 2.30. The molecule has 2 fully saturated rings. The number of hydrogen-bond acceptors (Lipinski definition) is 3. The van der Waals surface area contributed by atoms with Crippen LogP contribution in [0.3, 0.4) is 0 Å². The fourth-order valence-corrected chi connectivity index (χ4v) is 4.74. The minimum Gasteiger partial charge on any atom is -0.374 e. The molecule has 6 heteroatoms. The van der Waals surface area contributed by atoms with Crippen LogP contribution in [0.5, 0.6) is 0 Å². The van der Waals surface area contributed by atoms with Crippen LogP contribution in [0.25, 0.3) is 0 Å². The number of nitrogens with one attached hydrogen (secondary N) is 1. The molecule has 0 spiro atoms. The Kier molecular flexibility index (Phi) is 6.70. The maximum absolute atomic E-state index is 13.3. The van der Waals surface area contributed by atoms with E-state index < -0.39 is 6.04 Å². The highest BCUT2D eigenvalue weighted by Gasteiger charge is 2.37. The van der Waals surface area contributed by atoms with Gasteiger partial charge >= 0.3 is 0 Å². The quantitative estimate of drug-likeness (QED) is 0.772. The maximum Gasteiger partial charge on any atom is 0.253 e. The van der Waals surface area contributed by atoms with Gasteiger partial charge in [-0.3, -0.25) is 9.59 Å². The van der Waals surface area contributed by atoms with E-state index in [4.69, 9.17) is 16.3 Å². The Balaban J connectivity index is 1.52. The van der Waals surface area contributed by atoms with E-state index in [2.05, 4.69) is 5.32 Å². The molecule has 1 N–H and O–H groups in total. The van der Waals surface area contributed by atoms with Crippen LogP contribution in [0.15, 0.2) is 54.6 Å². The van der Waals surface area contributed by atoms with Gasteiger partial charge in [-0.25, -0.2) is 0 Å². The molecule has 5 nitrogen and oxygen atoms in total. The van der Waals surface area contributed by atoms with Gasteiger partial charge in [0.2, 0.25) is 5.91 Å². The van der Waals surface area contributed by atoms with Crippen molar-refractivity contribution in [1.29, 1.82) is 0 Å². The summed E-state index contributed by atoms with van der Waals surface area (Å²) < 4.78 is 5.91. The number of hydrogen-bond donors (Lipinski definition) is 1. The summed E-state index contributed by atoms with van der Waals surface area (Å²) in [5, 5.41) is 3.43. The molecule has 0 aromatic heterocycles. The van der Waals surface area contributed by atoms with E-state index in [0.29, 0.717) is 23.7 Å². The molecule has 2 aromatic carbocycles. The van der Waals surface area contributed by atoms with E-state index >= 15 is 0 Å². The maximum atomic E-state index is 13.3. The predicted molar refractivity (Wildman–Crippen MR) is 116 cm³/mol. The summed E-state index contributed by atoms with van der Waals surface area (Å²) in [6, 6.07) is 16.3. The lowest BCUT2D eigenvalue weighted by Gasteiger charge is -2.44. The lowest BCUT2D eigenvalue weighted by atomic mass is 9.89. The zero-order valence-corrected chi connectivity index (χ0v) is 17.7. The number of carbonyl (C=O) groups is 2. The van der Waals surface area contributed by atoms with Crippen molar-refractivity contribution in [3.63, 3.8) is 0 Å². The van der Waals surface area contributed by atoms with Gasteiger partial charge in [-0.15, -0.1) is 0 Å². The molecular formula is C24H27ClN2O3. The number of ether oxygens (including phenoxy) is 1. The van der Waals surface area contributed by atoms with Crippen LogP contribution in [-0.4, -0.2) is 42.0 Å². The van der Waals surface area contributed by atoms with Crippen molar-refractivity contribution in [2.45, 2.75) is 50.3 Å². The summed E-state index contributed by atoms with van der Waals surface area (Å²) in [6.45, 7) is 1.19. The molecule has 0 bridgehead atoms. The molecule has 158 valence electrons. The van der Waals surface area contributed by atoms with Gasteiger partial charge in [0.05, 0.1) is 41.8 Å². The van der Waals surface area contributed by atoms with Crippen LogP contribution in [-0.2, 0) is 9.53 Å². The Labute approximate surface area is 182 Å². The molecule has 4 rings (SSSR count). The normalized spacial score (nSPS) is 22.1. The van der Waals surface area contributed by atoms with Crippen LogP contribution in [0.2, 0.25) is 5.02 Å². The lowest BCUT2D eigenvalue weighted by Crippen LogP contribution is -2.55. The van der Waals surface area contributed by atoms with Crippen molar-refractivity contribution in [3.05, 3.63) is 70.7 Å². The fraction of sp³-hybridized carbons (Fsp3) is 0.417. The Bertz CT molecular complexity index is 887. The van der Waals surface area contributed by atoms with E-state index in [1.807, 2.05) is 35.2 Å². The van der Waals surface area contributed by atoms with Gasteiger partial charge in [0, 0.05) is 6.54 Å². The van der Waals surface area contributed by atoms with E-state index in [9.17, 15) is 9.59 Å². The predicted octanol–water partition coefficient (Wildman–Crippen LogP) is 4.37. The van der Waals surface area contributed by atoms with E-state index in [-0.39, 0.29) is 30.4 Å². The number of carbonyl (C=O) groups excluding carboxylic acids is 2. The van der Waals surface area contributed by atoms with Crippen molar-refractivity contribution in [1.82, 2.24) is 10.2 Å². The third-order valence-electron chi connectivity index (χ3n) is 6.06. The number of nitrogens with zero attached hydrogens (tertiary/aromatic N) is 1. The van der Waals surface area contributed by atoms with Crippen molar-refractivity contribution in [3.8, 4) is 0 Å². The summed E-state index contributed by atoms with van der Waals surface area (Å²) in [7, 11) is 0. The molecular weight excluding hydrogens is 400 g/mol. The second kappa shape index (κ2) is 9.63. The van der Waals surface area contributed by atoms with E-state index in [1.165, 1.54) is 0 Å². The van der Waals surface area contributed by atoms with Gasteiger partial charge in [-0.2, -0.15) is 0 Å². The largest absolute Gasteiger partial charge is 0.374 e. The number of benzene rings is 2. The zero-order chi connectivity index (χ0) is 20.9. The number of fused-ring (bicyclic) bond motifs is 1. The first-order valence-electron chi connectivity index (χ1n) is 10.6. The monoisotopic (exact) mass is 426 g/mol. The van der Waals surface area contributed by atoms with Gasteiger partial charge in [-0.05, 0) is 30.5 Å².